The van der Waals surface area contributed by atoms with Gasteiger partial charge >= 0.3 is 5.97 Å². The smallest absolute Gasteiger partial charge is 0.307 e. The molecule has 4 heteroatoms. The summed E-state index contributed by atoms with van der Waals surface area (Å²) < 4.78 is 10.9. The Bertz CT molecular complexity index is 290. The minimum absolute atomic E-state index is 0.0207. The predicted molar refractivity (Wildman–Crippen MR) is 78.7 cm³/mol. The largest absolute Gasteiger partial charge is 0.466 e. The zero-order valence-corrected chi connectivity index (χ0v) is 12.9. The predicted octanol–water partition coefficient (Wildman–Crippen LogP) is 2.75. The van der Waals surface area contributed by atoms with Gasteiger partial charge < -0.3 is 9.47 Å². The molecule has 0 spiro atoms. The molecule has 2 fully saturated rings. The van der Waals surface area contributed by atoms with Crippen LogP contribution in [0.25, 0.3) is 0 Å². The second-order valence-electron chi connectivity index (χ2n) is 6.07. The highest BCUT2D eigenvalue weighted by Gasteiger charge is 2.39. The van der Waals surface area contributed by atoms with Gasteiger partial charge in [-0.3, -0.25) is 9.69 Å². The molecule has 2 rings (SSSR count). The van der Waals surface area contributed by atoms with Crippen molar-refractivity contribution in [3.05, 3.63) is 0 Å². The van der Waals surface area contributed by atoms with Crippen LogP contribution in [-0.4, -0.2) is 49.3 Å². The maximum Gasteiger partial charge on any atom is 0.307 e. The second kappa shape index (κ2) is 7.99. The fourth-order valence-corrected chi connectivity index (χ4v) is 3.62. The van der Waals surface area contributed by atoms with E-state index in [1.807, 2.05) is 6.92 Å². The summed E-state index contributed by atoms with van der Waals surface area (Å²) in [6, 6.07) is 0. The molecule has 0 bridgehead atoms. The van der Waals surface area contributed by atoms with Crippen molar-refractivity contribution >= 4 is 5.97 Å². The van der Waals surface area contributed by atoms with E-state index < -0.39 is 0 Å². The molecule has 1 atom stereocenters. The molecule has 2 saturated heterocycles. The Hall–Kier alpha value is -0.610. The number of ether oxygens (including phenoxy) is 2. The monoisotopic (exact) mass is 283 g/mol. The molecule has 0 aliphatic carbocycles. The van der Waals surface area contributed by atoms with E-state index in [2.05, 4.69) is 4.90 Å². The van der Waals surface area contributed by atoms with Crippen molar-refractivity contribution in [1.29, 1.82) is 0 Å². The van der Waals surface area contributed by atoms with Gasteiger partial charge in [0, 0.05) is 18.8 Å². The van der Waals surface area contributed by atoms with Crippen molar-refractivity contribution in [1.82, 2.24) is 4.90 Å². The molecule has 0 N–H and O–H groups in total. The fourth-order valence-electron chi connectivity index (χ4n) is 3.62. The number of carbonyl (C=O) groups is 1. The Kier molecular flexibility index (Phi) is 6.30. The van der Waals surface area contributed by atoms with Crippen molar-refractivity contribution in [3.63, 3.8) is 0 Å². The van der Waals surface area contributed by atoms with E-state index in [1.54, 1.807) is 0 Å². The van der Waals surface area contributed by atoms with Gasteiger partial charge in [0.1, 0.15) is 0 Å². The van der Waals surface area contributed by atoms with E-state index >= 15 is 0 Å². The van der Waals surface area contributed by atoms with Gasteiger partial charge in [0.15, 0.2) is 0 Å². The summed E-state index contributed by atoms with van der Waals surface area (Å²) in [6.07, 6.45) is 8.76. The molecule has 0 aromatic heterocycles. The molecular formula is C16H29NO3. The maximum atomic E-state index is 12.1. The van der Waals surface area contributed by atoms with Crippen LogP contribution >= 0.6 is 0 Å². The van der Waals surface area contributed by atoms with E-state index in [9.17, 15) is 4.79 Å². The molecule has 0 saturated carbocycles. The van der Waals surface area contributed by atoms with Crippen LogP contribution in [0.4, 0.5) is 0 Å². The highest BCUT2D eigenvalue weighted by molar-refractivity contribution is 5.71. The summed E-state index contributed by atoms with van der Waals surface area (Å²) in [4.78, 5) is 14.6. The first-order valence-corrected chi connectivity index (χ1v) is 8.25. The number of nitrogens with zero attached hydrogens (tertiary/aromatic N) is 1. The van der Waals surface area contributed by atoms with Gasteiger partial charge in [-0.25, -0.2) is 0 Å². The molecule has 0 aromatic carbocycles. The zero-order valence-electron chi connectivity index (χ0n) is 12.9. The minimum atomic E-state index is -0.0429. The number of hydrogen-bond donors (Lipinski definition) is 0. The van der Waals surface area contributed by atoms with Crippen LogP contribution in [-0.2, 0) is 14.3 Å². The van der Waals surface area contributed by atoms with Gasteiger partial charge in [0.25, 0.3) is 0 Å². The topological polar surface area (TPSA) is 38.8 Å². The van der Waals surface area contributed by atoms with Crippen LogP contribution in [0.15, 0.2) is 0 Å². The van der Waals surface area contributed by atoms with Crippen molar-refractivity contribution in [2.45, 2.75) is 63.8 Å². The first-order valence-electron chi connectivity index (χ1n) is 8.25. The molecule has 0 aromatic rings. The highest BCUT2D eigenvalue weighted by Crippen LogP contribution is 2.34. The minimum Gasteiger partial charge on any atom is -0.466 e. The maximum absolute atomic E-state index is 12.1. The third-order valence-electron chi connectivity index (χ3n) is 4.70. The van der Waals surface area contributed by atoms with E-state index in [0.29, 0.717) is 13.0 Å². The molecule has 2 aliphatic heterocycles. The summed E-state index contributed by atoms with van der Waals surface area (Å²) in [5.41, 5.74) is -0.0207. The summed E-state index contributed by atoms with van der Waals surface area (Å²) in [7, 11) is 0. The van der Waals surface area contributed by atoms with Crippen LogP contribution in [0, 0.1) is 0 Å². The molecule has 0 amide bonds. The van der Waals surface area contributed by atoms with Gasteiger partial charge in [-0.15, -0.1) is 0 Å². The molecule has 2 heterocycles. The molecule has 1 unspecified atom stereocenters. The van der Waals surface area contributed by atoms with Crippen molar-refractivity contribution in [2.24, 2.45) is 0 Å². The number of rotatable bonds is 4. The van der Waals surface area contributed by atoms with E-state index in [0.717, 1.165) is 45.6 Å². The number of carbonyl (C=O) groups excluding carboxylic acids is 1. The quantitative estimate of drug-likeness (QED) is 0.744. The first-order chi connectivity index (χ1) is 9.77. The number of likely N-dealkylation sites (tertiary alicyclic amines) is 1. The molecular weight excluding hydrogens is 254 g/mol. The number of esters is 1. The van der Waals surface area contributed by atoms with E-state index in [4.69, 9.17) is 9.47 Å². The lowest BCUT2D eigenvalue weighted by Gasteiger charge is -2.42. The summed E-state index contributed by atoms with van der Waals surface area (Å²) in [6.45, 7) is 6.21. The van der Waals surface area contributed by atoms with Crippen LogP contribution in [0.2, 0.25) is 0 Å². The third kappa shape index (κ3) is 4.19. The van der Waals surface area contributed by atoms with Crippen LogP contribution < -0.4 is 0 Å². The lowest BCUT2D eigenvalue weighted by Crippen LogP contribution is -2.51. The normalized spacial score (nSPS) is 29.4. The van der Waals surface area contributed by atoms with Crippen LogP contribution in [0.1, 0.15) is 58.3 Å². The van der Waals surface area contributed by atoms with Gasteiger partial charge in [0.05, 0.1) is 13.0 Å². The van der Waals surface area contributed by atoms with Gasteiger partial charge in [-0.1, -0.05) is 12.8 Å². The SMILES string of the molecule is CCOC(=O)CC1(N2CCCCCC2)CCCOCC1. The van der Waals surface area contributed by atoms with Crippen molar-refractivity contribution < 1.29 is 14.3 Å². The zero-order chi connectivity index (χ0) is 14.3. The Morgan fingerprint density at radius 1 is 1.10 bits per heavy atom. The Balaban J connectivity index is 2.10. The van der Waals surface area contributed by atoms with E-state index in [1.165, 1.54) is 25.7 Å². The highest BCUT2D eigenvalue weighted by atomic mass is 16.5. The average Bonchev–Trinajstić information content (AvgIpc) is 2.82. The lowest BCUT2D eigenvalue weighted by molar-refractivity contribution is -0.147. The van der Waals surface area contributed by atoms with Gasteiger partial charge in [-0.2, -0.15) is 0 Å². The summed E-state index contributed by atoms with van der Waals surface area (Å²) >= 11 is 0. The standard InChI is InChI=1S/C16H29NO3/c1-2-20-15(18)14-16(8-7-12-19-13-9-16)17-10-5-3-4-6-11-17/h2-14H2,1H3. The molecule has 2 aliphatic rings. The fraction of sp³-hybridized carbons (Fsp3) is 0.938. The molecule has 4 nitrogen and oxygen atoms in total. The lowest BCUT2D eigenvalue weighted by atomic mass is 9.84. The third-order valence-corrected chi connectivity index (χ3v) is 4.70. The van der Waals surface area contributed by atoms with Crippen LogP contribution in [0.5, 0.6) is 0 Å². The van der Waals surface area contributed by atoms with Crippen LogP contribution in [0.3, 0.4) is 0 Å². The first kappa shape index (κ1) is 15.8. The van der Waals surface area contributed by atoms with Gasteiger partial charge in [-0.05, 0) is 52.1 Å². The van der Waals surface area contributed by atoms with Crippen molar-refractivity contribution in [2.75, 3.05) is 32.9 Å². The van der Waals surface area contributed by atoms with Crippen molar-refractivity contribution in [3.8, 4) is 0 Å². The molecule has 116 valence electrons. The average molecular weight is 283 g/mol. The molecule has 20 heavy (non-hydrogen) atoms. The Morgan fingerprint density at radius 3 is 2.55 bits per heavy atom. The van der Waals surface area contributed by atoms with E-state index in [-0.39, 0.29) is 11.5 Å². The Morgan fingerprint density at radius 2 is 1.85 bits per heavy atom. The molecule has 0 radical (unpaired) electrons. The Labute approximate surface area is 122 Å². The second-order valence-corrected chi connectivity index (χ2v) is 6.07. The number of hydrogen-bond acceptors (Lipinski definition) is 4. The summed E-state index contributed by atoms with van der Waals surface area (Å²) in [5.74, 6) is -0.0429. The summed E-state index contributed by atoms with van der Waals surface area (Å²) in [5, 5.41) is 0. The van der Waals surface area contributed by atoms with Gasteiger partial charge in [0.2, 0.25) is 0 Å².